The minimum absolute atomic E-state index is 0.127. The highest BCUT2D eigenvalue weighted by Crippen LogP contribution is 2.20. The molecule has 19 heavy (non-hydrogen) atoms. The van der Waals surface area contributed by atoms with Crippen molar-refractivity contribution in [1.29, 1.82) is 0 Å². The van der Waals surface area contributed by atoms with Crippen LogP contribution < -0.4 is 5.73 Å². The Morgan fingerprint density at radius 3 is 2.74 bits per heavy atom. The molecule has 1 atom stereocenters. The Labute approximate surface area is 113 Å². The fourth-order valence-electron chi connectivity index (χ4n) is 2.71. The normalized spacial score (nSPS) is 19.0. The van der Waals surface area contributed by atoms with Crippen LogP contribution in [-0.2, 0) is 0 Å². The Morgan fingerprint density at radius 1 is 1.21 bits per heavy atom. The van der Waals surface area contributed by atoms with Gasteiger partial charge in [0.2, 0.25) is 0 Å². The summed E-state index contributed by atoms with van der Waals surface area (Å²) in [5, 5.41) is 2.28. The first-order chi connectivity index (χ1) is 9.28. The molecule has 2 aromatic rings. The number of carbonyl (C=O) groups is 1. The van der Waals surface area contributed by atoms with Gasteiger partial charge in [-0.05, 0) is 41.8 Å². The van der Waals surface area contributed by atoms with E-state index in [9.17, 15) is 4.79 Å². The summed E-state index contributed by atoms with van der Waals surface area (Å²) in [5.74, 6) is 0.589. The highest BCUT2D eigenvalue weighted by Gasteiger charge is 2.25. The van der Waals surface area contributed by atoms with E-state index in [0.717, 1.165) is 30.5 Å². The summed E-state index contributed by atoms with van der Waals surface area (Å²) in [6, 6.07) is 14.0. The minimum Gasteiger partial charge on any atom is -0.338 e. The summed E-state index contributed by atoms with van der Waals surface area (Å²) >= 11 is 0. The van der Waals surface area contributed by atoms with Crippen molar-refractivity contribution in [2.45, 2.75) is 6.42 Å². The monoisotopic (exact) mass is 254 g/mol. The second-order valence-corrected chi connectivity index (χ2v) is 5.20. The number of carbonyl (C=O) groups excluding carboxylic acids is 1. The SMILES string of the molecule is NCC1CCN(C(=O)c2ccc3ccccc3c2)C1. The maximum Gasteiger partial charge on any atom is 0.253 e. The Balaban J connectivity index is 1.85. The number of likely N-dealkylation sites (tertiary alicyclic amines) is 1. The highest BCUT2D eigenvalue weighted by molar-refractivity contribution is 5.98. The van der Waals surface area contributed by atoms with Gasteiger partial charge in [-0.15, -0.1) is 0 Å². The predicted octanol–water partition coefficient (Wildman–Crippen LogP) is 2.26. The number of fused-ring (bicyclic) bond motifs is 1. The zero-order chi connectivity index (χ0) is 13.2. The Morgan fingerprint density at radius 2 is 2.00 bits per heavy atom. The fraction of sp³-hybridized carbons (Fsp3) is 0.312. The van der Waals surface area contributed by atoms with E-state index in [1.54, 1.807) is 0 Å². The molecule has 0 spiro atoms. The second kappa shape index (κ2) is 5.02. The lowest BCUT2D eigenvalue weighted by atomic mass is 10.1. The molecule has 0 saturated carbocycles. The predicted molar refractivity (Wildman–Crippen MR) is 77.0 cm³/mol. The lowest BCUT2D eigenvalue weighted by molar-refractivity contribution is 0.0788. The Bertz CT molecular complexity index is 608. The summed E-state index contributed by atoms with van der Waals surface area (Å²) in [4.78, 5) is 14.4. The molecule has 3 rings (SSSR count). The minimum atomic E-state index is 0.127. The molecule has 1 heterocycles. The van der Waals surface area contributed by atoms with Gasteiger partial charge in [0, 0.05) is 18.7 Å². The number of benzene rings is 2. The van der Waals surface area contributed by atoms with Crippen LogP contribution in [0.3, 0.4) is 0 Å². The van der Waals surface area contributed by atoms with Crippen LogP contribution in [-0.4, -0.2) is 30.4 Å². The van der Waals surface area contributed by atoms with Crippen molar-refractivity contribution >= 4 is 16.7 Å². The van der Waals surface area contributed by atoms with Crippen LogP contribution in [0.4, 0.5) is 0 Å². The molecule has 0 aliphatic carbocycles. The average Bonchev–Trinajstić information content (AvgIpc) is 2.95. The maximum atomic E-state index is 12.4. The molecule has 2 aromatic carbocycles. The van der Waals surface area contributed by atoms with Gasteiger partial charge in [-0.1, -0.05) is 30.3 Å². The first-order valence-corrected chi connectivity index (χ1v) is 6.76. The van der Waals surface area contributed by atoms with E-state index in [1.165, 1.54) is 5.39 Å². The zero-order valence-electron chi connectivity index (χ0n) is 10.9. The van der Waals surface area contributed by atoms with E-state index >= 15 is 0 Å². The van der Waals surface area contributed by atoms with Crippen molar-refractivity contribution in [3.8, 4) is 0 Å². The molecule has 1 unspecified atom stereocenters. The number of amides is 1. The van der Waals surface area contributed by atoms with Gasteiger partial charge in [0.1, 0.15) is 0 Å². The topological polar surface area (TPSA) is 46.3 Å². The molecule has 2 N–H and O–H groups in total. The zero-order valence-corrected chi connectivity index (χ0v) is 10.9. The average molecular weight is 254 g/mol. The molecule has 0 radical (unpaired) electrons. The summed E-state index contributed by atoms with van der Waals surface area (Å²) in [6.07, 6.45) is 1.02. The van der Waals surface area contributed by atoms with Gasteiger partial charge in [0.25, 0.3) is 5.91 Å². The van der Waals surface area contributed by atoms with E-state index in [-0.39, 0.29) is 5.91 Å². The molecule has 98 valence electrons. The maximum absolute atomic E-state index is 12.4. The van der Waals surface area contributed by atoms with Crippen molar-refractivity contribution in [3.63, 3.8) is 0 Å². The largest absolute Gasteiger partial charge is 0.338 e. The summed E-state index contributed by atoms with van der Waals surface area (Å²) in [7, 11) is 0. The third kappa shape index (κ3) is 2.34. The number of nitrogens with two attached hydrogens (primary N) is 1. The smallest absolute Gasteiger partial charge is 0.253 e. The number of hydrogen-bond donors (Lipinski definition) is 1. The highest BCUT2D eigenvalue weighted by atomic mass is 16.2. The van der Waals surface area contributed by atoms with Crippen molar-refractivity contribution in [2.75, 3.05) is 19.6 Å². The third-order valence-electron chi connectivity index (χ3n) is 3.90. The summed E-state index contributed by atoms with van der Waals surface area (Å²) in [6.45, 7) is 2.29. The van der Waals surface area contributed by atoms with Gasteiger partial charge in [-0.2, -0.15) is 0 Å². The van der Waals surface area contributed by atoms with Crippen molar-refractivity contribution < 1.29 is 4.79 Å². The Hall–Kier alpha value is -1.87. The molecular weight excluding hydrogens is 236 g/mol. The van der Waals surface area contributed by atoms with E-state index in [4.69, 9.17) is 5.73 Å². The quantitative estimate of drug-likeness (QED) is 0.893. The molecule has 3 heteroatoms. The van der Waals surface area contributed by atoms with E-state index in [2.05, 4.69) is 6.07 Å². The first-order valence-electron chi connectivity index (χ1n) is 6.76. The standard InChI is InChI=1S/C16H18N2O/c17-10-12-7-8-18(11-12)16(19)15-6-5-13-3-1-2-4-14(13)9-15/h1-6,9,12H,7-8,10-11,17H2. The van der Waals surface area contributed by atoms with Gasteiger partial charge >= 0.3 is 0 Å². The van der Waals surface area contributed by atoms with Gasteiger partial charge < -0.3 is 10.6 Å². The molecule has 0 aromatic heterocycles. The van der Waals surface area contributed by atoms with E-state index < -0.39 is 0 Å². The van der Waals surface area contributed by atoms with Gasteiger partial charge in [0.05, 0.1) is 0 Å². The molecule has 0 bridgehead atoms. The van der Waals surface area contributed by atoms with Crippen LogP contribution >= 0.6 is 0 Å². The first kappa shape index (κ1) is 12.2. The van der Waals surface area contributed by atoms with Crippen molar-refractivity contribution in [2.24, 2.45) is 11.7 Å². The van der Waals surface area contributed by atoms with Gasteiger partial charge in [-0.25, -0.2) is 0 Å². The fourth-order valence-corrected chi connectivity index (χ4v) is 2.71. The Kier molecular flexibility index (Phi) is 3.22. The molecule has 3 nitrogen and oxygen atoms in total. The number of rotatable bonds is 2. The number of nitrogens with zero attached hydrogens (tertiary/aromatic N) is 1. The van der Waals surface area contributed by atoms with Gasteiger partial charge in [0.15, 0.2) is 0 Å². The second-order valence-electron chi connectivity index (χ2n) is 5.20. The van der Waals surface area contributed by atoms with Crippen LogP contribution in [0.5, 0.6) is 0 Å². The molecule has 1 aliphatic heterocycles. The van der Waals surface area contributed by atoms with E-state index in [0.29, 0.717) is 12.5 Å². The van der Waals surface area contributed by atoms with Crippen LogP contribution in [0, 0.1) is 5.92 Å². The molecule has 1 saturated heterocycles. The van der Waals surface area contributed by atoms with Crippen molar-refractivity contribution in [3.05, 3.63) is 48.0 Å². The lowest BCUT2D eigenvalue weighted by Crippen LogP contribution is -2.29. The number of hydrogen-bond acceptors (Lipinski definition) is 2. The molecule has 1 aliphatic rings. The summed E-state index contributed by atoms with van der Waals surface area (Å²) < 4.78 is 0. The molecular formula is C16H18N2O. The molecule has 1 amide bonds. The molecule has 1 fully saturated rings. The van der Waals surface area contributed by atoms with Crippen LogP contribution in [0.15, 0.2) is 42.5 Å². The third-order valence-corrected chi connectivity index (χ3v) is 3.90. The van der Waals surface area contributed by atoms with E-state index in [1.807, 2.05) is 41.3 Å². The van der Waals surface area contributed by atoms with Crippen LogP contribution in [0.2, 0.25) is 0 Å². The van der Waals surface area contributed by atoms with Crippen LogP contribution in [0.25, 0.3) is 10.8 Å². The van der Waals surface area contributed by atoms with Crippen molar-refractivity contribution in [1.82, 2.24) is 4.90 Å². The van der Waals surface area contributed by atoms with Gasteiger partial charge in [-0.3, -0.25) is 4.79 Å². The lowest BCUT2D eigenvalue weighted by Gasteiger charge is -2.16. The van der Waals surface area contributed by atoms with Crippen LogP contribution in [0.1, 0.15) is 16.8 Å². The summed E-state index contributed by atoms with van der Waals surface area (Å²) in [5.41, 5.74) is 6.45.